The largest absolute Gasteiger partial charge is 0.505 e. The molecule has 5 aromatic rings. The SMILES string of the molecule is O=S(=O)(O)OCCS(=O)(=O)c1cccc(Nc2nc(Cl)nc(Nc3cc(S(=O)(=O)O)cc4cc(SOOO)c(/N=N/c5ccccc5S(=O)(=O)O)c(O)c34)n2)c1. The smallest absolute Gasteiger partial charge is 0.397 e. The van der Waals surface area contributed by atoms with Crippen LogP contribution in [-0.4, -0.2) is 85.0 Å². The number of sulfone groups is 1. The van der Waals surface area contributed by atoms with E-state index in [4.69, 9.17) is 21.4 Å². The van der Waals surface area contributed by atoms with Crippen molar-refractivity contribution >= 4 is 110 Å². The first kappa shape index (κ1) is 42.5. The number of hydrogen-bond donors (Lipinski definition) is 7. The molecular weight excluding hydrogens is 874 g/mol. The second-order valence-electron chi connectivity index (χ2n) is 10.6. The first-order valence-corrected chi connectivity index (χ1v) is 21.5. The van der Waals surface area contributed by atoms with Crippen LogP contribution in [0, 0.1) is 0 Å². The van der Waals surface area contributed by atoms with Gasteiger partial charge in [0.05, 0.1) is 44.8 Å². The third-order valence-corrected chi connectivity index (χ3v) is 11.5. The Morgan fingerprint density at radius 2 is 1.48 bits per heavy atom. The standard InChI is InChI=1S/C27H22ClN7O16S5/c28-25-31-26(29-15-4-3-5-16(12-15)53(38,39)9-8-49-56(46,47)48)33-27(32-25)30-19-13-17(54(40,41)42)10-14-11-20(52-51-50-37)23(24(36)22(14)19)35-34-18-6-1-2-7-21(18)55(43,44)45/h1-7,10-13,36-37H,8-9H2,(H,40,41,42)(H,43,44,45)(H,46,47,48)(H2,29,30,31,32,33)/b35-34+. The van der Waals surface area contributed by atoms with E-state index in [-0.39, 0.29) is 55.6 Å². The summed E-state index contributed by atoms with van der Waals surface area (Å²) in [5.41, 5.74) is -1.12. The van der Waals surface area contributed by atoms with Crippen molar-refractivity contribution in [2.24, 2.45) is 10.2 Å². The van der Waals surface area contributed by atoms with Gasteiger partial charge in [0.2, 0.25) is 17.2 Å². The molecule has 0 aliphatic rings. The molecule has 23 nitrogen and oxygen atoms in total. The molecule has 0 fully saturated rings. The number of phenolic OH excluding ortho intramolecular Hbond substituents is 1. The number of aromatic nitrogens is 3. The summed E-state index contributed by atoms with van der Waals surface area (Å²) in [7, 11) is -18.8. The van der Waals surface area contributed by atoms with Gasteiger partial charge in [-0.15, -0.1) is 14.6 Å². The maximum atomic E-state index is 12.7. The lowest BCUT2D eigenvalue weighted by molar-refractivity contribution is -0.432. The van der Waals surface area contributed by atoms with Crippen molar-refractivity contribution in [3.05, 3.63) is 72.0 Å². The zero-order valence-electron chi connectivity index (χ0n) is 27.1. The van der Waals surface area contributed by atoms with E-state index < -0.39 is 85.3 Å². The highest BCUT2D eigenvalue weighted by Gasteiger charge is 2.23. The summed E-state index contributed by atoms with van der Waals surface area (Å²) in [6, 6.07) is 12.8. The van der Waals surface area contributed by atoms with Gasteiger partial charge in [0.25, 0.3) is 20.2 Å². The van der Waals surface area contributed by atoms with Crippen molar-refractivity contribution in [3.63, 3.8) is 0 Å². The summed E-state index contributed by atoms with van der Waals surface area (Å²) in [4.78, 5) is 10.1. The Hall–Kier alpha value is -4.69. The molecule has 0 atom stereocenters. The van der Waals surface area contributed by atoms with Crippen molar-refractivity contribution in [1.29, 1.82) is 0 Å². The van der Waals surface area contributed by atoms with Crippen LogP contribution in [0.1, 0.15) is 0 Å². The van der Waals surface area contributed by atoms with Crippen molar-refractivity contribution < 1.29 is 71.2 Å². The van der Waals surface area contributed by atoms with Crippen LogP contribution in [0.3, 0.4) is 0 Å². The molecule has 298 valence electrons. The van der Waals surface area contributed by atoms with Gasteiger partial charge in [-0.3, -0.25) is 13.7 Å². The molecule has 0 amide bonds. The summed E-state index contributed by atoms with van der Waals surface area (Å²) in [5, 5.41) is 36.1. The maximum absolute atomic E-state index is 12.7. The summed E-state index contributed by atoms with van der Waals surface area (Å²) in [6.07, 6.45) is 0. The zero-order chi connectivity index (χ0) is 41.1. The molecule has 0 saturated carbocycles. The predicted octanol–water partition coefficient (Wildman–Crippen LogP) is 4.80. The van der Waals surface area contributed by atoms with E-state index in [9.17, 15) is 47.9 Å². The number of aromatic hydroxyl groups is 1. The summed E-state index contributed by atoms with van der Waals surface area (Å²) < 4.78 is 132. The van der Waals surface area contributed by atoms with E-state index >= 15 is 0 Å². The molecule has 1 aromatic heterocycles. The van der Waals surface area contributed by atoms with Crippen LogP contribution in [0.25, 0.3) is 10.8 Å². The second kappa shape index (κ2) is 16.8. The van der Waals surface area contributed by atoms with Crippen molar-refractivity contribution in [1.82, 2.24) is 15.0 Å². The highest BCUT2D eigenvalue weighted by Crippen LogP contribution is 2.47. The molecule has 0 spiro atoms. The van der Waals surface area contributed by atoms with Gasteiger partial charge in [0.1, 0.15) is 16.3 Å². The minimum absolute atomic E-state index is 0.0659. The minimum atomic E-state index is -4.95. The Morgan fingerprint density at radius 3 is 2.14 bits per heavy atom. The lowest BCUT2D eigenvalue weighted by atomic mass is 10.1. The van der Waals surface area contributed by atoms with Crippen LogP contribution in [0.15, 0.2) is 96.5 Å². The van der Waals surface area contributed by atoms with Crippen LogP contribution >= 0.6 is 23.6 Å². The van der Waals surface area contributed by atoms with Gasteiger partial charge < -0.3 is 15.7 Å². The molecule has 0 bridgehead atoms. The van der Waals surface area contributed by atoms with Gasteiger partial charge in [-0.2, -0.15) is 40.2 Å². The maximum Gasteiger partial charge on any atom is 0.397 e. The lowest BCUT2D eigenvalue weighted by Gasteiger charge is -2.15. The molecular formula is C27H22ClN7O16S5. The quantitative estimate of drug-likeness (QED) is 0.0230. The van der Waals surface area contributed by atoms with Gasteiger partial charge in [0, 0.05) is 11.1 Å². The Balaban J connectivity index is 1.58. The topological polar surface area (TPSA) is 353 Å². The molecule has 1 heterocycles. The van der Waals surface area contributed by atoms with Gasteiger partial charge >= 0.3 is 10.4 Å². The number of benzene rings is 4. The van der Waals surface area contributed by atoms with Crippen LogP contribution in [0.5, 0.6) is 5.75 Å². The molecule has 4 aromatic carbocycles. The number of hydrogen-bond acceptors (Lipinski definition) is 21. The Labute approximate surface area is 324 Å². The fourth-order valence-electron chi connectivity index (χ4n) is 4.63. The van der Waals surface area contributed by atoms with E-state index in [1.54, 1.807) is 0 Å². The normalized spacial score (nSPS) is 12.7. The third-order valence-electron chi connectivity index (χ3n) is 6.86. The first-order valence-electron chi connectivity index (χ1n) is 14.5. The van der Waals surface area contributed by atoms with Gasteiger partial charge in [-0.05, 0) is 65.5 Å². The van der Waals surface area contributed by atoms with Crippen LogP contribution < -0.4 is 10.6 Å². The van der Waals surface area contributed by atoms with Crippen LogP contribution in [0.2, 0.25) is 5.28 Å². The lowest BCUT2D eigenvalue weighted by Crippen LogP contribution is -2.15. The van der Waals surface area contributed by atoms with E-state index in [2.05, 4.69) is 49.4 Å². The van der Waals surface area contributed by atoms with Crippen LogP contribution in [0.4, 0.5) is 34.6 Å². The number of nitrogens with one attached hydrogen (secondary N) is 2. The Morgan fingerprint density at radius 1 is 0.786 bits per heavy atom. The van der Waals surface area contributed by atoms with Crippen molar-refractivity contribution in [2.75, 3.05) is 23.0 Å². The van der Waals surface area contributed by atoms with Gasteiger partial charge in [-0.25, -0.2) is 17.9 Å². The fourth-order valence-corrected chi connectivity index (χ4v) is 7.98. The van der Waals surface area contributed by atoms with E-state index in [0.29, 0.717) is 0 Å². The number of phenols is 1. The van der Waals surface area contributed by atoms with Gasteiger partial charge in [-0.1, -0.05) is 23.2 Å². The Bertz CT molecular complexity index is 2810. The average Bonchev–Trinajstić information content (AvgIpc) is 3.08. The number of nitrogens with zero attached hydrogens (tertiary/aromatic N) is 5. The van der Waals surface area contributed by atoms with E-state index in [1.807, 2.05) is 0 Å². The average molecular weight is 896 g/mol. The zero-order valence-corrected chi connectivity index (χ0v) is 32.0. The summed E-state index contributed by atoms with van der Waals surface area (Å²) >= 11 is 6.36. The number of rotatable bonds is 16. The molecule has 0 saturated heterocycles. The molecule has 0 unspecified atom stereocenters. The predicted molar refractivity (Wildman–Crippen MR) is 194 cm³/mol. The Kier molecular flexibility index (Phi) is 12.7. The van der Waals surface area contributed by atoms with Crippen molar-refractivity contribution in [2.45, 2.75) is 19.6 Å². The number of fused-ring (bicyclic) bond motifs is 1. The van der Waals surface area contributed by atoms with Crippen LogP contribution in [-0.2, 0) is 54.0 Å². The third kappa shape index (κ3) is 10.8. The summed E-state index contributed by atoms with van der Waals surface area (Å²) in [5.74, 6) is -2.35. The first-order chi connectivity index (χ1) is 26.1. The molecule has 56 heavy (non-hydrogen) atoms. The number of halogens is 1. The number of azo groups is 1. The van der Waals surface area contributed by atoms with E-state index in [1.165, 1.54) is 36.4 Å². The molecule has 7 N–H and O–H groups in total. The molecule has 0 radical (unpaired) electrons. The monoisotopic (exact) mass is 895 g/mol. The molecule has 5 rings (SSSR count). The molecule has 0 aliphatic carbocycles. The molecule has 0 aliphatic heterocycles. The highest BCUT2D eigenvalue weighted by molar-refractivity contribution is 7.94. The number of anilines is 4. The highest BCUT2D eigenvalue weighted by atomic mass is 35.5. The minimum Gasteiger partial charge on any atom is -0.505 e. The molecule has 29 heteroatoms. The van der Waals surface area contributed by atoms with E-state index in [0.717, 1.165) is 30.3 Å². The van der Waals surface area contributed by atoms with Crippen molar-refractivity contribution in [3.8, 4) is 5.75 Å². The fraction of sp³-hybridized carbons (Fsp3) is 0.0741. The second-order valence-corrected chi connectivity index (χ2v) is 17.7. The van der Waals surface area contributed by atoms with Gasteiger partial charge in [0.15, 0.2) is 15.6 Å². The summed E-state index contributed by atoms with van der Waals surface area (Å²) in [6.45, 7) is -0.878.